The lowest BCUT2D eigenvalue weighted by Gasteiger charge is -2.17. The number of hydrogen-bond acceptors (Lipinski definition) is 5. The third kappa shape index (κ3) is 4.32. The molecular weight excluding hydrogens is 405 g/mol. The first-order valence-electron chi connectivity index (χ1n) is 8.29. The molecule has 1 aromatic heterocycles. The van der Waals surface area contributed by atoms with E-state index in [4.69, 9.17) is 4.42 Å². The average molecular weight is 423 g/mol. The Balaban J connectivity index is 1.91. The van der Waals surface area contributed by atoms with E-state index in [2.05, 4.69) is 4.72 Å². The van der Waals surface area contributed by atoms with Crippen LogP contribution in [-0.2, 0) is 19.9 Å². The second kappa shape index (κ2) is 7.86. The summed E-state index contributed by atoms with van der Waals surface area (Å²) < 4.78 is 71.8. The first-order valence-corrected chi connectivity index (χ1v) is 11.3. The van der Waals surface area contributed by atoms with E-state index in [-0.39, 0.29) is 15.6 Å². The molecule has 0 spiro atoms. The highest BCUT2D eigenvalue weighted by Crippen LogP contribution is 2.29. The van der Waals surface area contributed by atoms with Crippen LogP contribution in [0.1, 0.15) is 16.6 Å². The molecule has 0 fully saturated rings. The SMILES string of the molecule is Cc1ccc(S(=O)(=O)NCC(c2ccco2)S(=O)(=O)c2ccc(F)cc2)cc1. The highest BCUT2D eigenvalue weighted by atomic mass is 32.2. The molecule has 28 heavy (non-hydrogen) atoms. The Labute approximate surface area is 163 Å². The number of sulfonamides is 1. The monoisotopic (exact) mass is 423 g/mol. The van der Waals surface area contributed by atoms with Crippen LogP contribution in [0.5, 0.6) is 0 Å². The zero-order valence-electron chi connectivity index (χ0n) is 14.9. The van der Waals surface area contributed by atoms with Crippen molar-refractivity contribution in [3.05, 3.63) is 84.1 Å². The van der Waals surface area contributed by atoms with Gasteiger partial charge in [-0.2, -0.15) is 0 Å². The van der Waals surface area contributed by atoms with Gasteiger partial charge in [0.05, 0.1) is 16.1 Å². The molecule has 0 aliphatic heterocycles. The number of nitrogens with one attached hydrogen (secondary N) is 1. The fourth-order valence-electron chi connectivity index (χ4n) is 2.61. The normalized spacial score (nSPS) is 13.4. The number of aryl methyl sites for hydroxylation is 1. The molecule has 3 rings (SSSR count). The molecule has 0 saturated heterocycles. The van der Waals surface area contributed by atoms with E-state index in [1.54, 1.807) is 12.1 Å². The topological polar surface area (TPSA) is 93.4 Å². The minimum Gasteiger partial charge on any atom is -0.468 e. The molecule has 9 heteroatoms. The van der Waals surface area contributed by atoms with Gasteiger partial charge in [0.25, 0.3) is 0 Å². The van der Waals surface area contributed by atoms with Gasteiger partial charge in [-0.05, 0) is 55.5 Å². The molecule has 6 nitrogen and oxygen atoms in total. The van der Waals surface area contributed by atoms with Crippen LogP contribution in [0.4, 0.5) is 4.39 Å². The third-order valence-corrected chi connectivity index (χ3v) is 7.68. The maximum atomic E-state index is 13.2. The van der Waals surface area contributed by atoms with Crippen LogP contribution in [0.3, 0.4) is 0 Å². The maximum Gasteiger partial charge on any atom is 0.240 e. The van der Waals surface area contributed by atoms with Crippen molar-refractivity contribution in [2.45, 2.75) is 22.0 Å². The molecule has 0 amide bonds. The average Bonchev–Trinajstić information content (AvgIpc) is 3.16. The molecule has 0 saturated carbocycles. The summed E-state index contributed by atoms with van der Waals surface area (Å²) in [4.78, 5) is -0.111. The van der Waals surface area contributed by atoms with Crippen molar-refractivity contribution in [2.24, 2.45) is 0 Å². The number of halogens is 1. The molecule has 148 valence electrons. The highest BCUT2D eigenvalue weighted by molar-refractivity contribution is 7.92. The molecule has 1 N–H and O–H groups in total. The van der Waals surface area contributed by atoms with Crippen LogP contribution in [0.15, 0.2) is 81.1 Å². The van der Waals surface area contributed by atoms with Gasteiger partial charge in [-0.15, -0.1) is 0 Å². The van der Waals surface area contributed by atoms with E-state index in [9.17, 15) is 21.2 Å². The smallest absolute Gasteiger partial charge is 0.240 e. The van der Waals surface area contributed by atoms with E-state index in [0.29, 0.717) is 0 Å². The second-order valence-electron chi connectivity index (χ2n) is 6.17. The number of hydrogen-bond donors (Lipinski definition) is 1. The second-order valence-corrected chi connectivity index (χ2v) is 10.1. The molecule has 0 aliphatic rings. The van der Waals surface area contributed by atoms with Gasteiger partial charge in [0, 0.05) is 6.54 Å². The van der Waals surface area contributed by atoms with Crippen molar-refractivity contribution in [3.63, 3.8) is 0 Å². The molecule has 0 bridgehead atoms. The van der Waals surface area contributed by atoms with Crippen LogP contribution in [0.25, 0.3) is 0 Å². The van der Waals surface area contributed by atoms with Crippen LogP contribution in [-0.4, -0.2) is 23.4 Å². The molecule has 1 atom stereocenters. The fraction of sp³-hybridized carbons (Fsp3) is 0.158. The van der Waals surface area contributed by atoms with Gasteiger partial charge < -0.3 is 4.42 Å². The molecule has 1 heterocycles. The lowest BCUT2D eigenvalue weighted by Crippen LogP contribution is -2.31. The van der Waals surface area contributed by atoms with Gasteiger partial charge >= 0.3 is 0 Å². The molecule has 0 radical (unpaired) electrons. The predicted octanol–water partition coefficient (Wildman–Crippen LogP) is 3.22. The Morgan fingerprint density at radius 2 is 1.54 bits per heavy atom. The van der Waals surface area contributed by atoms with Crippen molar-refractivity contribution in [2.75, 3.05) is 6.54 Å². The van der Waals surface area contributed by atoms with Crippen LogP contribution >= 0.6 is 0 Å². The largest absolute Gasteiger partial charge is 0.468 e. The van der Waals surface area contributed by atoms with Crippen molar-refractivity contribution >= 4 is 19.9 Å². The first-order chi connectivity index (χ1) is 13.2. The quantitative estimate of drug-likeness (QED) is 0.589. The van der Waals surface area contributed by atoms with E-state index >= 15 is 0 Å². The Bertz CT molecular complexity index is 1140. The standard InChI is InChI=1S/C19H18FNO5S2/c1-14-4-8-17(9-5-14)28(24,25)21-13-19(18-3-2-12-26-18)27(22,23)16-10-6-15(20)7-11-16/h2-12,19,21H,13H2,1H3. The number of furan rings is 1. The summed E-state index contributed by atoms with van der Waals surface area (Å²) in [6.45, 7) is 1.38. The molecule has 2 aromatic carbocycles. The minimum atomic E-state index is -4.04. The van der Waals surface area contributed by atoms with Crippen molar-refractivity contribution in [3.8, 4) is 0 Å². The zero-order chi connectivity index (χ0) is 20.4. The van der Waals surface area contributed by atoms with Gasteiger partial charge in [0.15, 0.2) is 9.84 Å². The number of rotatable bonds is 7. The summed E-state index contributed by atoms with van der Waals surface area (Å²) in [6, 6.07) is 13.5. The van der Waals surface area contributed by atoms with Crippen molar-refractivity contribution < 1.29 is 25.6 Å². The Morgan fingerprint density at radius 1 is 0.929 bits per heavy atom. The summed E-state index contributed by atoms with van der Waals surface area (Å²) >= 11 is 0. The maximum absolute atomic E-state index is 13.2. The molecule has 0 aliphatic carbocycles. The third-order valence-electron chi connectivity index (χ3n) is 4.17. The minimum absolute atomic E-state index is 0.0236. The van der Waals surface area contributed by atoms with E-state index in [0.717, 1.165) is 29.8 Å². The predicted molar refractivity (Wildman–Crippen MR) is 101 cm³/mol. The first kappa shape index (κ1) is 20.2. The van der Waals surface area contributed by atoms with Gasteiger partial charge in [-0.3, -0.25) is 0 Å². The fourth-order valence-corrected chi connectivity index (χ4v) is 5.35. The van der Waals surface area contributed by atoms with E-state index in [1.165, 1.54) is 30.5 Å². The van der Waals surface area contributed by atoms with Gasteiger partial charge in [-0.25, -0.2) is 25.9 Å². The summed E-state index contributed by atoms with van der Waals surface area (Å²) in [5.41, 5.74) is 0.895. The summed E-state index contributed by atoms with van der Waals surface area (Å²) in [5.74, 6) is -0.496. The molecular formula is C19H18FNO5S2. The van der Waals surface area contributed by atoms with Crippen molar-refractivity contribution in [1.29, 1.82) is 0 Å². The van der Waals surface area contributed by atoms with Crippen LogP contribution < -0.4 is 4.72 Å². The van der Waals surface area contributed by atoms with Gasteiger partial charge in [0.2, 0.25) is 10.0 Å². The lowest BCUT2D eigenvalue weighted by molar-refractivity contribution is 0.486. The summed E-state index contributed by atoms with van der Waals surface area (Å²) in [7, 11) is -7.97. The summed E-state index contributed by atoms with van der Waals surface area (Å²) in [6.07, 6.45) is 1.30. The van der Waals surface area contributed by atoms with Crippen LogP contribution in [0.2, 0.25) is 0 Å². The van der Waals surface area contributed by atoms with Crippen LogP contribution in [0, 0.1) is 12.7 Å². The van der Waals surface area contributed by atoms with Crippen molar-refractivity contribution in [1.82, 2.24) is 4.72 Å². The number of benzene rings is 2. The zero-order valence-corrected chi connectivity index (χ0v) is 16.5. The Hall–Kier alpha value is -2.49. The Morgan fingerprint density at radius 3 is 2.11 bits per heavy atom. The molecule has 1 unspecified atom stereocenters. The van der Waals surface area contributed by atoms with E-state index < -0.39 is 37.5 Å². The molecule has 3 aromatic rings. The summed E-state index contributed by atoms with van der Waals surface area (Å²) in [5, 5.41) is -1.31. The lowest BCUT2D eigenvalue weighted by atomic mass is 10.2. The van der Waals surface area contributed by atoms with Gasteiger partial charge in [-0.1, -0.05) is 17.7 Å². The van der Waals surface area contributed by atoms with E-state index in [1.807, 2.05) is 6.92 Å². The Kier molecular flexibility index (Phi) is 5.69. The highest BCUT2D eigenvalue weighted by Gasteiger charge is 2.33. The number of sulfone groups is 1. The van der Waals surface area contributed by atoms with Gasteiger partial charge in [0.1, 0.15) is 16.8 Å².